The van der Waals surface area contributed by atoms with E-state index in [1.807, 2.05) is 19.9 Å². The average Bonchev–Trinajstić information content (AvgIpc) is 2.85. The molecule has 1 aromatic rings. The van der Waals surface area contributed by atoms with Gasteiger partial charge in [0.2, 0.25) is 0 Å². The maximum atomic E-state index is 12.2. The molecule has 0 saturated carbocycles. The number of nitrogens with one attached hydrogen (secondary N) is 1. The number of amidine groups is 1. The van der Waals surface area contributed by atoms with Crippen LogP contribution in [0.4, 0.5) is 5.69 Å². The summed E-state index contributed by atoms with van der Waals surface area (Å²) in [7, 11) is 0. The predicted octanol–water partition coefficient (Wildman–Crippen LogP) is 1.60. The van der Waals surface area contributed by atoms with Crippen molar-refractivity contribution in [3.63, 3.8) is 0 Å². The zero-order chi connectivity index (χ0) is 14.7. The first kappa shape index (κ1) is 14.3. The van der Waals surface area contributed by atoms with Gasteiger partial charge < -0.3 is 21.0 Å². The van der Waals surface area contributed by atoms with Crippen molar-refractivity contribution in [2.24, 2.45) is 10.9 Å². The fourth-order valence-corrected chi connectivity index (χ4v) is 2.37. The molecular weight excluding hydrogens is 258 g/mol. The first-order valence-corrected chi connectivity index (χ1v) is 6.56. The lowest BCUT2D eigenvalue weighted by molar-refractivity contribution is -0.126. The van der Waals surface area contributed by atoms with Crippen molar-refractivity contribution >= 4 is 17.4 Å². The third kappa shape index (κ3) is 2.91. The van der Waals surface area contributed by atoms with Crippen molar-refractivity contribution in [2.75, 3.05) is 5.32 Å². The normalized spacial score (nSPS) is 22.8. The Morgan fingerprint density at radius 1 is 1.50 bits per heavy atom. The van der Waals surface area contributed by atoms with Crippen LogP contribution in [0, 0.1) is 6.92 Å². The smallest absolute Gasteiger partial charge is 0.253 e. The summed E-state index contributed by atoms with van der Waals surface area (Å²) >= 11 is 0. The number of ether oxygens (including phenoxy) is 1. The largest absolute Gasteiger partial charge is 0.409 e. The van der Waals surface area contributed by atoms with Crippen molar-refractivity contribution in [3.05, 3.63) is 29.3 Å². The van der Waals surface area contributed by atoms with Crippen LogP contribution in [0.15, 0.2) is 23.4 Å². The number of hydrogen-bond acceptors (Lipinski definition) is 4. The molecule has 2 rings (SSSR count). The van der Waals surface area contributed by atoms with Gasteiger partial charge in [-0.2, -0.15) is 0 Å². The standard InChI is InChI=1S/C14H19N3O3/c1-8-4-3-5-10(12(8)13(15)17-19)16-14(18)11-7-6-9(2)20-11/h3-5,9,11,19H,6-7H2,1-2H3,(H2,15,17)(H,16,18). The summed E-state index contributed by atoms with van der Waals surface area (Å²) in [6.07, 6.45) is 1.24. The maximum Gasteiger partial charge on any atom is 0.253 e. The highest BCUT2D eigenvalue weighted by Crippen LogP contribution is 2.23. The molecule has 6 heteroatoms. The highest BCUT2D eigenvalue weighted by Gasteiger charge is 2.28. The van der Waals surface area contributed by atoms with Crippen molar-refractivity contribution in [1.82, 2.24) is 0 Å². The molecule has 2 atom stereocenters. The molecule has 1 heterocycles. The number of rotatable bonds is 3. The van der Waals surface area contributed by atoms with Gasteiger partial charge in [-0.25, -0.2) is 0 Å². The molecule has 0 aliphatic carbocycles. The van der Waals surface area contributed by atoms with Gasteiger partial charge in [0.1, 0.15) is 6.10 Å². The summed E-state index contributed by atoms with van der Waals surface area (Å²) in [4.78, 5) is 12.2. The number of nitrogens with two attached hydrogens (primary N) is 1. The van der Waals surface area contributed by atoms with Crippen LogP contribution in [-0.4, -0.2) is 29.2 Å². The number of benzene rings is 1. The molecule has 108 valence electrons. The first-order valence-electron chi connectivity index (χ1n) is 6.56. The molecule has 6 nitrogen and oxygen atoms in total. The van der Waals surface area contributed by atoms with Crippen LogP contribution in [0.2, 0.25) is 0 Å². The highest BCUT2D eigenvalue weighted by molar-refractivity contribution is 6.07. The lowest BCUT2D eigenvalue weighted by Gasteiger charge is -2.15. The Bertz CT molecular complexity index is 542. The molecule has 4 N–H and O–H groups in total. The monoisotopic (exact) mass is 277 g/mol. The minimum absolute atomic E-state index is 0.0286. The van der Waals surface area contributed by atoms with E-state index in [0.717, 1.165) is 12.0 Å². The summed E-state index contributed by atoms with van der Waals surface area (Å²) in [6.45, 7) is 3.78. The van der Waals surface area contributed by atoms with Gasteiger partial charge in [-0.1, -0.05) is 17.3 Å². The number of amides is 1. The fraction of sp³-hybridized carbons (Fsp3) is 0.429. The van der Waals surface area contributed by atoms with E-state index in [4.69, 9.17) is 15.7 Å². The van der Waals surface area contributed by atoms with Crippen molar-refractivity contribution in [2.45, 2.75) is 38.9 Å². The Labute approximate surface area is 117 Å². The zero-order valence-electron chi connectivity index (χ0n) is 11.6. The second-order valence-electron chi connectivity index (χ2n) is 4.98. The van der Waals surface area contributed by atoms with E-state index in [1.54, 1.807) is 12.1 Å². The van der Waals surface area contributed by atoms with Gasteiger partial charge in [0.05, 0.1) is 11.8 Å². The second kappa shape index (κ2) is 5.92. The van der Waals surface area contributed by atoms with Gasteiger partial charge in [0, 0.05) is 5.56 Å². The van der Waals surface area contributed by atoms with Crippen LogP contribution in [-0.2, 0) is 9.53 Å². The summed E-state index contributed by atoms with van der Waals surface area (Å²) in [6, 6.07) is 5.35. The molecule has 1 amide bonds. The minimum atomic E-state index is -0.439. The maximum absolute atomic E-state index is 12.2. The van der Waals surface area contributed by atoms with Crippen molar-refractivity contribution < 1.29 is 14.7 Å². The number of hydrogen-bond donors (Lipinski definition) is 3. The van der Waals surface area contributed by atoms with E-state index in [9.17, 15) is 4.79 Å². The van der Waals surface area contributed by atoms with Crippen LogP contribution < -0.4 is 11.1 Å². The van der Waals surface area contributed by atoms with E-state index in [2.05, 4.69) is 10.5 Å². The number of carbonyl (C=O) groups excluding carboxylic acids is 1. The predicted molar refractivity (Wildman–Crippen MR) is 75.9 cm³/mol. The lowest BCUT2D eigenvalue weighted by Crippen LogP contribution is -2.29. The third-order valence-electron chi connectivity index (χ3n) is 3.42. The van der Waals surface area contributed by atoms with E-state index >= 15 is 0 Å². The number of aryl methyl sites for hydroxylation is 1. The van der Waals surface area contributed by atoms with Crippen LogP contribution in [0.25, 0.3) is 0 Å². The van der Waals surface area contributed by atoms with Gasteiger partial charge >= 0.3 is 0 Å². The topological polar surface area (TPSA) is 96.9 Å². The molecule has 20 heavy (non-hydrogen) atoms. The summed E-state index contributed by atoms with van der Waals surface area (Å²) in [5.41, 5.74) is 7.53. The Morgan fingerprint density at radius 2 is 2.25 bits per heavy atom. The first-order chi connectivity index (χ1) is 9.52. The molecule has 1 saturated heterocycles. The van der Waals surface area contributed by atoms with Crippen LogP contribution >= 0.6 is 0 Å². The highest BCUT2D eigenvalue weighted by atomic mass is 16.5. The van der Waals surface area contributed by atoms with Gasteiger partial charge in [-0.05, 0) is 38.3 Å². The van der Waals surface area contributed by atoms with Crippen LogP contribution in [0.3, 0.4) is 0 Å². The van der Waals surface area contributed by atoms with E-state index in [0.29, 0.717) is 17.7 Å². The summed E-state index contributed by atoms with van der Waals surface area (Å²) in [5.74, 6) is -0.231. The number of oxime groups is 1. The molecule has 1 fully saturated rings. The molecule has 1 aromatic carbocycles. The Hall–Kier alpha value is -2.08. The molecule has 0 radical (unpaired) electrons. The quantitative estimate of drug-likeness (QED) is 0.338. The average molecular weight is 277 g/mol. The van der Waals surface area contributed by atoms with Gasteiger partial charge in [-0.3, -0.25) is 4.79 Å². The van der Waals surface area contributed by atoms with Gasteiger partial charge in [-0.15, -0.1) is 0 Å². The van der Waals surface area contributed by atoms with Crippen molar-refractivity contribution in [3.8, 4) is 0 Å². The van der Waals surface area contributed by atoms with Crippen LogP contribution in [0.1, 0.15) is 30.9 Å². The zero-order valence-corrected chi connectivity index (χ0v) is 11.6. The van der Waals surface area contributed by atoms with Gasteiger partial charge in [0.25, 0.3) is 5.91 Å². The molecule has 1 aliphatic heterocycles. The van der Waals surface area contributed by atoms with Crippen LogP contribution in [0.5, 0.6) is 0 Å². The Balaban J connectivity index is 2.21. The molecular formula is C14H19N3O3. The SMILES string of the molecule is Cc1cccc(NC(=O)C2CCC(C)O2)c1/C(N)=N/O. The molecule has 0 aromatic heterocycles. The van der Waals surface area contributed by atoms with E-state index in [1.165, 1.54) is 0 Å². The van der Waals surface area contributed by atoms with Gasteiger partial charge in [0.15, 0.2) is 5.84 Å². The Morgan fingerprint density at radius 3 is 2.85 bits per heavy atom. The molecule has 0 bridgehead atoms. The number of carbonyl (C=O) groups is 1. The molecule has 1 aliphatic rings. The fourth-order valence-electron chi connectivity index (χ4n) is 2.37. The van der Waals surface area contributed by atoms with E-state index in [-0.39, 0.29) is 17.8 Å². The molecule has 2 unspecified atom stereocenters. The van der Waals surface area contributed by atoms with E-state index < -0.39 is 6.10 Å². The third-order valence-corrected chi connectivity index (χ3v) is 3.42. The van der Waals surface area contributed by atoms with Crippen molar-refractivity contribution in [1.29, 1.82) is 0 Å². The Kier molecular flexibility index (Phi) is 4.24. The summed E-state index contributed by atoms with van der Waals surface area (Å²) < 4.78 is 5.53. The molecule has 0 spiro atoms. The second-order valence-corrected chi connectivity index (χ2v) is 4.98. The lowest BCUT2D eigenvalue weighted by atomic mass is 10.1. The number of anilines is 1. The number of nitrogens with zero attached hydrogens (tertiary/aromatic N) is 1. The minimum Gasteiger partial charge on any atom is -0.409 e. The summed E-state index contributed by atoms with van der Waals surface area (Å²) in [5, 5.41) is 14.6.